The van der Waals surface area contributed by atoms with E-state index in [0.29, 0.717) is 6.04 Å². The molecule has 0 spiro atoms. The minimum atomic E-state index is 0.257. The first-order chi connectivity index (χ1) is 9.79. The molecule has 0 radical (unpaired) electrons. The topological polar surface area (TPSA) is 45.1 Å². The number of aromatic nitrogens is 1. The Hall–Kier alpha value is -0.970. The molecule has 1 aliphatic carbocycles. The average Bonchev–Trinajstić information content (AvgIpc) is 3.30. The second kappa shape index (κ2) is 6.20. The van der Waals surface area contributed by atoms with Crippen molar-refractivity contribution in [1.29, 1.82) is 0 Å². The van der Waals surface area contributed by atoms with Gasteiger partial charge in [0.1, 0.15) is 0 Å². The SMILES string of the molecule is OCCC(NCc1ccc(Br)c2cccnc12)C1CC1. The predicted molar refractivity (Wildman–Crippen MR) is 84.5 cm³/mol. The number of benzene rings is 1. The Labute approximate surface area is 127 Å². The number of aliphatic hydroxyl groups excluding tert-OH is 1. The van der Waals surface area contributed by atoms with E-state index in [1.807, 2.05) is 12.3 Å². The second-order valence-corrected chi connectivity index (χ2v) is 6.30. The molecule has 1 fully saturated rings. The van der Waals surface area contributed by atoms with E-state index in [1.54, 1.807) is 0 Å². The van der Waals surface area contributed by atoms with Crippen molar-refractivity contribution in [2.24, 2.45) is 5.92 Å². The summed E-state index contributed by atoms with van der Waals surface area (Å²) in [6.45, 7) is 1.06. The summed E-state index contributed by atoms with van der Waals surface area (Å²) in [6, 6.07) is 8.68. The van der Waals surface area contributed by atoms with E-state index in [-0.39, 0.29) is 6.61 Å². The molecular weight excluding hydrogens is 316 g/mol. The molecule has 3 nitrogen and oxygen atoms in total. The van der Waals surface area contributed by atoms with Crippen LogP contribution < -0.4 is 5.32 Å². The highest BCUT2D eigenvalue weighted by Crippen LogP contribution is 2.34. The molecule has 0 aliphatic heterocycles. The Morgan fingerprint density at radius 2 is 2.20 bits per heavy atom. The lowest BCUT2D eigenvalue weighted by atomic mass is 10.1. The second-order valence-electron chi connectivity index (χ2n) is 5.44. The standard InChI is InChI=1S/C16H19BrN2O/c17-14-6-5-12(16-13(14)2-1-8-18-16)10-19-15(7-9-20)11-3-4-11/h1-2,5-6,8,11,15,19-20H,3-4,7,9-10H2. The average molecular weight is 335 g/mol. The van der Waals surface area contributed by atoms with Crippen molar-refractivity contribution in [3.8, 4) is 0 Å². The molecule has 0 saturated heterocycles. The molecule has 1 heterocycles. The summed E-state index contributed by atoms with van der Waals surface area (Å²) in [7, 11) is 0. The minimum Gasteiger partial charge on any atom is -0.396 e. The van der Waals surface area contributed by atoms with Gasteiger partial charge >= 0.3 is 0 Å². The van der Waals surface area contributed by atoms with Gasteiger partial charge in [-0.1, -0.05) is 28.1 Å². The number of hydrogen-bond acceptors (Lipinski definition) is 3. The van der Waals surface area contributed by atoms with Crippen LogP contribution in [0.25, 0.3) is 10.9 Å². The van der Waals surface area contributed by atoms with Crippen molar-refractivity contribution in [2.75, 3.05) is 6.61 Å². The molecule has 3 rings (SSSR count). The van der Waals surface area contributed by atoms with Crippen LogP contribution in [-0.4, -0.2) is 22.7 Å². The van der Waals surface area contributed by atoms with Gasteiger partial charge in [0.25, 0.3) is 0 Å². The molecule has 1 unspecified atom stereocenters. The Morgan fingerprint density at radius 3 is 2.95 bits per heavy atom. The van der Waals surface area contributed by atoms with Gasteiger partial charge in [-0.15, -0.1) is 0 Å². The van der Waals surface area contributed by atoms with Gasteiger partial charge in [0, 0.05) is 35.2 Å². The van der Waals surface area contributed by atoms with E-state index in [1.165, 1.54) is 18.4 Å². The Balaban J connectivity index is 1.78. The lowest BCUT2D eigenvalue weighted by Gasteiger charge is -2.18. The highest BCUT2D eigenvalue weighted by Gasteiger charge is 2.30. The van der Waals surface area contributed by atoms with E-state index < -0.39 is 0 Å². The molecular formula is C16H19BrN2O. The van der Waals surface area contributed by atoms with E-state index in [2.05, 4.69) is 44.4 Å². The largest absolute Gasteiger partial charge is 0.396 e. The monoisotopic (exact) mass is 334 g/mol. The van der Waals surface area contributed by atoms with Crippen molar-refractivity contribution >= 4 is 26.8 Å². The van der Waals surface area contributed by atoms with Crippen LogP contribution in [0, 0.1) is 5.92 Å². The molecule has 1 saturated carbocycles. The summed E-state index contributed by atoms with van der Waals surface area (Å²) < 4.78 is 1.08. The zero-order valence-electron chi connectivity index (χ0n) is 11.3. The molecule has 20 heavy (non-hydrogen) atoms. The number of halogens is 1. The van der Waals surface area contributed by atoms with E-state index in [4.69, 9.17) is 5.11 Å². The Morgan fingerprint density at radius 1 is 1.35 bits per heavy atom. The van der Waals surface area contributed by atoms with Crippen molar-refractivity contribution in [1.82, 2.24) is 10.3 Å². The quantitative estimate of drug-likeness (QED) is 0.852. The lowest BCUT2D eigenvalue weighted by Crippen LogP contribution is -2.31. The smallest absolute Gasteiger partial charge is 0.0758 e. The van der Waals surface area contributed by atoms with Crippen LogP contribution in [0.2, 0.25) is 0 Å². The van der Waals surface area contributed by atoms with Crippen LogP contribution in [0.15, 0.2) is 34.9 Å². The van der Waals surface area contributed by atoms with E-state index >= 15 is 0 Å². The normalized spacial score (nSPS) is 16.5. The molecule has 2 N–H and O–H groups in total. The number of nitrogens with one attached hydrogen (secondary N) is 1. The number of rotatable bonds is 6. The van der Waals surface area contributed by atoms with Gasteiger partial charge in [0.05, 0.1) is 5.52 Å². The molecule has 4 heteroatoms. The van der Waals surface area contributed by atoms with Crippen molar-refractivity contribution in [3.63, 3.8) is 0 Å². The van der Waals surface area contributed by atoms with Crippen molar-refractivity contribution < 1.29 is 5.11 Å². The predicted octanol–water partition coefficient (Wildman–Crippen LogP) is 3.25. The zero-order chi connectivity index (χ0) is 13.9. The van der Waals surface area contributed by atoms with Gasteiger partial charge in [0.2, 0.25) is 0 Å². The molecule has 2 aromatic rings. The molecule has 1 aromatic heterocycles. The van der Waals surface area contributed by atoms with Gasteiger partial charge in [0.15, 0.2) is 0 Å². The molecule has 0 amide bonds. The molecule has 1 aliphatic rings. The first kappa shape index (κ1) is 14.0. The molecule has 106 valence electrons. The number of nitrogens with zero attached hydrogens (tertiary/aromatic N) is 1. The maximum absolute atomic E-state index is 9.16. The summed E-state index contributed by atoms with van der Waals surface area (Å²) in [6.07, 6.45) is 5.25. The number of aliphatic hydroxyl groups is 1. The third-order valence-corrected chi connectivity index (χ3v) is 4.68. The maximum atomic E-state index is 9.16. The summed E-state index contributed by atoms with van der Waals surface area (Å²) in [5.41, 5.74) is 2.26. The lowest BCUT2D eigenvalue weighted by molar-refractivity contribution is 0.256. The van der Waals surface area contributed by atoms with Crippen molar-refractivity contribution in [2.45, 2.75) is 31.8 Å². The number of fused-ring (bicyclic) bond motifs is 1. The summed E-state index contributed by atoms with van der Waals surface area (Å²) in [5, 5.41) is 13.9. The van der Waals surface area contributed by atoms with Crippen LogP contribution >= 0.6 is 15.9 Å². The highest BCUT2D eigenvalue weighted by atomic mass is 79.9. The first-order valence-corrected chi connectivity index (χ1v) is 7.95. The van der Waals surface area contributed by atoms with Crippen LogP contribution in [-0.2, 0) is 6.54 Å². The Bertz CT molecular complexity index is 598. The summed E-state index contributed by atoms with van der Waals surface area (Å²) in [5.74, 6) is 0.747. The third kappa shape index (κ3) is 3.03. The minimum absolute atomic E-state index is 0.257. The van der Waals surface area contributed by atoms with Crippen LogP contribution in [0.3, 0.4) is 0 Å². The summed E-state index contributed by atoms with van der Waals surface area (Å²) in [4.78, 5) is 4.51. The maximum Gasteiger partial charge on any atom is 0.0758 e. The molecule has 1 atom stereocenters. The van der Waals surface area contributed by atoms with Gasteiger partial charge in [-0.2, -0.15) is 0 Å². The third-order valence-electron chi connectivity index (χ3n) is 3.99. The van der Waals surface area contributed by atoms with E-state index in [0.717, 1.165) is 34.3 Å². The number of pyridine rings is 1. The van der Waals surface area contributed by atoms with Crippen LogP contribution in [0.4, 0.5) is 0 Å². The van der Waals surface area contributed by atoms with Gasteiger partial charge in [-0.3, -0.25) is 4.98 Å². The fourth-order valence-electron chi connectivity index (χ4n) is 2.72. The molecule has 1 aromatic carbocycles. The van der Waals surface area contributed by atoms with Gasteiger partial charge in [-0.25, -0.2) is 0 Å². The van der Waals surface area contributed by atoms with Crippen LogP contribution in [0.1, 0.15) is 24.8 Å². The fourth-order valence-corrected chi connectivity index (χ4v) is 3.17. The number of hydrogen-bond donors (Lipinski definition) is 2. The summed E-state index contributed by atoms with van der Waals surface area (Å²) >= 11 is 3.58. The van der Waals surface area contributed by atoms with Crippen molar-refractivity contribution in [3.05, 3.63) is 40.5 Å². The van der Waals surface area contributed by atoms with Crippen LogP contribution in [0.5, 0.6) is 0 Å². The van der Waals surface area contributed by atoms with Gasteiger partial charge in [-0.05, 0) is 42.9 Å². The van der Waals surface area contributed by atoms with Gasteiger partial charge < -0.3 is 10.4 Å². The van der Waals surface area contributed by atoms with E-state index in [9.17, 15) is 0 Å². The fraction of sp³-hybridized carbons (Fsp3) is 0.438. The zero-order valence-corrected chi connectivity index (χ0v) is 12.9. The first-order valence-electron chi connectivity index (χ1n) is 7.16. The molecule has 0 bridgehead atoms. The Kier molecular flexibility index (Phi) is 4.34. The highest BCUT2D eigenvalue weighted by molar-refractivity contribution is 9.10.